The Labute approximate surface area is 122 Å². The van der Waals surface area contributed by atoms with Crippen LogP contribution in [0.5, 0.6) is 0 Å². The zero-order valence-electron chi connectivity index (χ0n) is 10.6. The van der Waals surface area contributed by atoms with Crippen LogP contribution in [0.15, 0.2) is 43.8 Å². The van der Waals surface area contributed by atoms with Gasteiger partial charge in [0.15, 0.2) is 0 Å². The Morgan fingerprint density at radius 3 is 2.75 bits per heavy atom. The molecule has 0 saturated heterocycles. The van der Waals surface area contributed by atoms with Crippen molar-refractivity contribution < 1.29 is 13.2 Å². The summed E-state index contributed by atoms with van der Waals surface area (Å²) in [6.45, 7) is 1.86. The van der Waals surface area contributed by atoms with Crippen LogP contribution in [-0.4, -0.2) is 0 Å². The second-order valence-corrected chi connectivity index (χ2v) is 5.32. The number of furan rings is 2. The molecule has 0 saturated carbocycles. The Morgan fingerprint density at radius 1 is 1.30 bits per heavy atom. The maximum Gasteiger partial charge on any atom is 0.143 e. The van der Waals surface area contributed by atoms with Crippen LogP contribution in [0, 0.1) is 12.7 Å². The number of halogens is 2. The monoisotopic (exact) mass is 338 g/mol. The fraction of sp³-hybridized carbons (Fsp3) is 0.143. The molecule has 1 unspecified atom stereocenters. The smallest absolute Gasteiger partial charge is 0.143 e. The van der Waals surface area contributed by atoms with E-state index in [2.05, 4.69) is 21.4 Å². The van der Waals surface area contributed by atoms with Gasteiger partial charge in [-0.3, -0.25) is 5.84 Å². The molecule has 6 heteroatoms. The van der Waals surface area contributed by atoms with Crippen molar-refractivity contribution in [1.82, 2.24) is 5.43 Å². The van der Waals surface area contributed by atoms with Crippen molar-refractivity contribution >= 4 is 26.9 Å². The van der Waals surface area contributed by atoms with Gasteiger partial charge in [-0.05, 0) is 47.1 Å². The lowest BCUT2D eigenvalue weighted by Crippen LogP contribution is -2.28. The molecule has 3 rings (SSSR count). The molecule has 3 aromatic rings. The van der Waals surface area contributed by atoms with E-state index >= 15 is 0 Å². The summed E-state index contributed by atoms with van der Waals surface area (Å²) in [5.74, 6) is 6.53. The molecule has 4 nitrogen and oxygen atoms in total. The fourth-order valence-corrected chi connectivity index (χ4v) is 2.70. The highest BCUT2D eigenvalue weighted by Crippen LogP contribution is 2.35. The largest absolute Gasteiger partial charge is 0.466 e. The fourth-order valence-electron chi connectivity index (χ4n) is 2.27. The highest BCUT2D eigenvalue weighted by molar-refractivity contribution is 9.10. The average molecular weight is 339 g/mol. The molecule has 3 N–H and O–H groups in total. The lowest BCUT2D eigenvalue weighted by molar-refractivity contribution is 0.399. The minimum absolute atomic E-state index is 0.301. The molecular weight excluding hydrogens is 327 g/mol. The van der Waals surface area contributed by atoms with Crippen LogP contribution in [0.25, 0.3) is 11.0 Å². The van der Waals surface area contributed by atoms with Crippen molar-refractivity contribution in [2.24, 2.45) is 5.84 Å². The summed E-state index contributed by atoms with van der Waals surface area (Å²) in [7, 11) is 0. The Bertz CT molecular complexity index is 766. The van der Waals surface area contributed by atoms with Gasteiger partial charge in [0.25, 0.3) is 0 Å². The number of nitrogens with one attached hydrogen (secondary N) is 1. The van der Waals surface area contributed by atoms with Gasteiger partial charge in [-0.25, -0.2) is 9.82 Å². The van der Waals surface area contributed by atoms with Crippen molar-refractivity contribution in [2.45, 2.75) is 13.0 Å². The molecule has 0 radical (unpaired) electrons. The van der Waals surface area contributed by atoms with Crippen LogP contribution in [0.1, 0.15) is 23.1 Å². The molecule has 0 aliphatic carbocycles. The molecule has 0 aliphatic rings. The molecule has 104 valence electrons. The Hall–Kier alpha value is -1.63. The Kier molecular flexibility index (Phi) is 3.37. The minimum Gasteiger partial charge on any atom is -0.466 e. The number of hydrazine groups is 1. The van der Waals surface area contributed by atoms with Crippen LogP contribution in [-0.2, 0) is 0 Å². The second-order valence-electron chi connectivity index (χ2n) is 4.46. The predicted molar refractivity (Wildman–Crippen MR) is 76.5 cm³/mol. The maximum atomic E-state index is 13.3. The Morgan fingerprint density at radius 2 is 2.10 bits per heavy atom. The van der Waals surface area contributed by atoms with Crippen molar-refractivity contribution in [1.29, 1.82) is 0 Å². The van der Waals surface area contributed by atoms with Gasteiger partial charge >= 0.3 is 0 Å². The highest BCUT2D eigenvalue weighted by atomic mass is 79.9. The standard InChI is InChI=1S/C14H12BrFN2O2/c1-7-9-6-8(16)2-3-11(9)20-13(7)12(18-17)14-10(15)4-5-19-14/h2-6,12,18H,17H2,1H3. The van der Waals surface area contributed by atoms with E-state index in [-0.39, 0.29) is 5.82 Å². The number of fused-ring (bicyclic) bond motifs is 1. The van der Waals surface area contributed by atoms with E-state index in [0.717, 1.165) is 15.4 Å². The molecule has 0 bridgehead atoms. The SMILES string of the molecule is Cc1c(C(NN)c2occc2Br)oc2ccc(F)cc12. The van der Waals surface area contributed by atoms with Crippen LogP contribution in [0.4, 0.5) is 4.39 Å². The van der Waals surface area contributed by atoms with Gasteiger partial charge < -0.3 is 8.83 Å². The maximum absolute atomic E-state index is 13.3. The first kappa shape index (κ1) is 13.4. The predicted octanol–water partition coefficient (Wildman–Crippen LogP) is 3.79. The van der Waals surface area contributed by atoms with E-state index in [1.54, 1.807) is 18.4 Å². The number of rotatable bonds is 3. The average Bonchev–Trinajstić information content (AvgIpc) is 2.98. The molecule has 0 amide bonds. The summed E-state index contributed by atoms with van der Waals surface area (Å²) in [5, 5.41) is 0.725. The zero-order valence-corrected chi connectivity index (χ0v) is 12.2. The second kappa shape index (κ2) is 5.05. The van der Waals surface area contributed by atoms with Gasteiger partial charge in [0.2, 0.25) is 0 Å². The molecular formula is C14H12BrFN2O2. The zero-order chi connectivity index (χ0) is 14.3. The summed E-state index contributed by atoms with van der Waals surface area (Å²) >= 11 is 3.39. The van der Waals surface area contributed by atoms with E-state index in [0.29, 0.717) is 17.1 Å². The topological polar surface area (TPSA) is 64.3 Å². The number of hydrogen-bond acceptors (Lipinski definition) is 4. The summed E-state index contributed by atoms with van der Waals surface area (Å²) in [4.78, 5) is 0. The third-order valence-corrected chi connectivity index (χ3v) is 3.93. The summed E-state index contributed by atoms with van der Waals surface area (Å²) in [5.41, 5.74) is 4.10. The number of benzene rings is 1. The lowest BCUT2D eigenvalue weighted by atomic mass is 10.1. The Balaban J connectivity index is 2.18. The normalized spacial score (nSPS) is 13.0. The molecule has 20 heavy (non-hydrogen) atoms. The first-order valence-corrected chi connectivity index (χ1v) is 6.78. The van der Waals surface area contributed by atoms with E-state index in [4.69, 9.17) is 14.7 Å². The van der Waals surface area contributed by atoms with Crippen LogP contribution in [0.3, 0.4) is 0 Å². The minimum atomic E-state index is -0.449. The quantitative estimate of drug-likeness (QED) is 0.563. The highest BCUT2D eigenvalue weighted by Gasteiger charge is 2.25. The number of hydrogen-bond donors (Lipinski definition) is 2. The molecule has 0 fully saturated rings. The van der Waals surface area contributed by atoms with Crippen molar-refractivity contribution in [3.05, 3.63) is 57.9 Å². The van der Waals surface area contributed by atoms with Gasteiger partial charge in [-0.15, -0.1) is 0 Å². The van der Waals surface area contributed by atoms with Gasteiger partial charge in [0, 0.05) is 10.9 Å². The van der Waals surface area contributed by atoms with E-state index in [9.17, 15) is 4.39 Å². The van der Waals surface area contributed by atoms with E-state index in [1.165, 1.54) is 12.1 Å². The summed E-state index contributed by atoms with van der Waals surface area (Å²) < 4.78 is 25.3. The lowest BCUT2D eigenvalue weighted by Gasteiger charge is -2.12. The molecule has 2 heterocycles. The molecule has 2 aromatic heterocycles. The van der Waals surface area contributed by atoms with Crippen LogP contribution < -0.4 is 11.3 Å². The first-order valence-electron chi connectivity index (χ1n) is 5.99. The molecule has 0 aliphatic heterocycles. The van der Waals surface area contributed by atoms with Crippen LogP contribution in [0.2, 0.25) is 0 Å². The van der Waals surface area contributed by atoms with Gasteiger partial charge in [-0.1, -0.05) is 0 Å². The van der Waals surface area contributed by atoms with Crippen molar-refractivity contribution in [3.8, 4) is 0 Å². The van der Waals surface area contributed by atoms with Crippen molar-refractivity contribution in [3.63, 3.8) is 0 Å². The van der Waals surface area contributed by atoms with E-state index < -0.39 is 6.04 Å². The van der Waals surface area contributed by atoms with Gasteiger partial charge in [0.1, 0.15) is 29.0 Å². The van der Waals surface area contributed by atoms with Gasteiger partial charge in [-0.2, -0.15) is 0 Å². The molecule has 0 spiro atoms. The van der Waals surface area contributed by atoms with Crippen molar-refractivity contribution in [2.75, 3.05) is 0 Å². The first-order chi connectivity index (χ1) is 9.61. The third-order valence-electron chi connectivity index (χ3n) is 3.27. The number of aryl methyl sites for hydroxylation is 1. The summed E-state index contributed by atoms with van der Waals surface area (Å²) in [6.07, 6.45) is 1.56. The third kappa shape index (κ3) is 2.06. The van der Waals surface area contributed by atoms with E-state index in [1.807, 2.05) is 6.92 Å². The number of nitrogens with two attached hydrogens (primary N) is 1. The molecule has 1 aromatic carbocycles. The van der Waals surface area contributed by atoms with Crippen LogP contribution >= 0.6 is 15.9 Å². The summed E-state index contributed by atoms with van der Waals surface area (Å²) in [6, 6.07) is 5.74. The molecule has 1 atom stereocenters. The van der Waals surface area contributed by atoms with Gasteiger partial charge in [0.05, 0.1) is 10.7 Å².